The highest BCUT2D eigenvalue weighted by Crippen LogP contribution is 2.40. The Labute approximate surface area is 184 Å². The lowest BCUT2D eigenvalue weighted by atomic mass is 10.1. The number of likely N-dealkylation sites (N-methyl/N-ethyl adjacent to an activating group) is 1. The highest BCUT2D eigenvalue weighted by molar-refractivity contribution is 7.20. The lowest BCUT2D eigenvalue weighted by molar-refractivity contribution is -0.121. The van der Waals surface area contributed by atoms with Crippen molar-refractivity contribution < 1.29 is 14.0 Å². The van der Waals surface area contributed by atoms with Crippen molar-refractivity contribution in [3.63, 3.8) is 0 Å². The maximum absolute atomic E-state index is 13.2. The van der Waals surface area contributed by atoms with Crippen LogP contribution in [0.1, 0.15) is 58.0 Å². The number of thiophene rings is 1. The van der Waals surface area contributed by atoms with E-state index in [-0.39, 0.29) is 30.7 Å². The van der Waals surface area contributed by atoms with E-state index in [1.165, 1.54) is 28.4 Å². The van der Waals surface area contributed by atoms with Gasteiger partial charge in [0.2, 0.25) is 5.91 Å². The fourth-order valence-corrected chi connectivity index (χ4v) is 4.80. The number of amides is 2. The predicted molar refractivity (Wildman–Crippen MR) is 119 cm³/mol. The molecule has 0 atom stereocenters. The van der Waals surface area contributed by atoms with E-state index in [0.717, 1.165) is 45.7 Å². The van der Waals surface area contributed by atoms with E-state index in [0.29, 0.717) is 17.3 Å². The Kier molecular flexibility index (Phi) is 6.00. The molecule has 2 heterocycles. The number of aryl methyl sites for hydroxylation is 2. The summed E-state index contributed by atoms with van der Waals surface area (Å²) in [6, 6.07) is 5.95. The van der Waals surface area contributed by atoms with E-state index >= 15 is 0 Å². The number of hydrogen-bond donors (Lipinski definition) is 1. The Balaban J connectivity index is 1.48. The summed E-state index contributed by atoms with van der Waals surface area (Å²) in [5.41, 5.74) is 2.57. The van der Waals surface area contributed by atoms with Gasteiger partial charge < -0.3 is 10.2 Å². The van der Waals surface area contributed by atoms with E-state index in [1.54, 1.807) is 12.1 Å². The summed E-state index contributed by atoms with van der Waals surface area (Å²) in [6.07, 6.45) is 2.25. The molecule has 4 rings (SSSR count). The minimum atomic E-state index is -0.319. The van der Waals surface area contributed by atoms with Crippen molar-refractivity contribution in [1.82, 2.24) is 20.2 Å². The molecule has 1 aromatic carbocycles. The molecule has 6 nitrogen and oxygen atoms in total. The molecule has 2 amide bonds. The van der Waals surface area contributed by atoms with Crippen LogP contribution in [0.25, 0.3) is 10.2 Å². The number of aromatic nitrogens is 2. The van der Waals surface area contributed by atoms with E-state index in [4.69, 9.17) is 4.98 Å². The maximum atomic E-state index is 13.2. The second-order valence-electron chi connectivity index (χ2n) is 7.90. The Bertz CT molecular complexity index is 1140. The van der Waals surface area contributed by atoms with Crippen molar-refractivity contribution in [3.05, 3.63) is 57.6 Å². The second kappa shape index (κ2) is 8.70. The molecule has 1 aliphatic rings. The number of carbonyl (C=O) groups excluding carboxylic acids is 2. The van der Waals surface area contributed by atoms with Crippen molar-refractivity contribution >= 4 is 33.4 Å². The summed E-state index contributed by atoms with van der Waals surface area (Å²) >= 11 is 1.38. The molecule has 162 valence electrons. The average Bonchev–Trinajstić information content (AvgIpc) is 3.54. The normalized spacial score (nSPS) is 13.4. The third kappa shape index (κ3) is 4.58. The van der Waals surface area contributed by atoms with Crippen molar-refractivity contribution in [2.75, 3.05) is 13.1 Å². The minimum absolute atomic E-state index is 0.0395. The zero-order valence-electron chi connectivity index (χ0n) is 17.9. The van der Waals surface area contributed by atoms with Crippen LogP contribution in [-0.4, -0.2) is 39.8 Å². The molecule has 8 heteroatoms. The molecule has 1 fully saturated rings. The number of fused-ring (bicyclic) bond motifs is 1. The fourth-order valence-electron chi connectivity index (χ4n) is 3.59. The minimum Gasteiger partial charge on any atom is -0.350 e. The number of carbonyl (C=O) groups is 2. The van der Waals surface area contributed by atoms with Crippen LogP contribution >= 0.6 is 11.3 Å². The van der Waals surface area contributed by atoms with Crippen LogP contribution in [0.2, 0.25) is 0 Å². The van der Waals surface area contributed by atoms with Crippen LogP contribution in [0, 0.1) is 19.7 Å². The monoisotopic (exact) mass is 440 g/mol. The number of rotatable bonds is 7. The lowest BCUT2D eigenvalue weighted by Crippen LogP contribution is -2.40. The SMILES string of the molecule is CCN(CC(=O)NCc1ccc(F)cc1)C(=O)c1sc2nc(C3CC3)nc(C)c2c1C. The van der Waals surface area contributed by atoms with Gasteiger partial charge in [0.1, 0.15) is 16.5 Å². The Hall–Kier alpha value is -2.87. The van der Waals surface area contributed by atoms with Crippen molar-refractivity contribution in [2.24, 2.45) is 0 Å². The summed E-state index contributed by atoms with van der Waals surface area (Å²) in [4.78, 5) is 38.0. The van der Waals surface area contributed by atoms with Gasteiger partial charge in [-0.05, 0) is 56.9 Å². The highest BCUT2D eigenvalue weighted by atomic mass is 32.1. The van der Waals surface area contributed by atoms with Gasteiger partial charge in [0.15, 0.2) is 0 Å². The van der Waals surface area contributed by atoms with E-state index < -0.39 is 0 Å². The quantitative estimate of drug-likeness (QED) is 0.600. The molecule has 0 unspecified atom stereocenters. The van der Waals surface area contributed by atoms with Crippen molar-refractivity contribution in [2.45, 2.75) is 46.1 Å². The fraction of sp³-hybridized carbons (Fsp3) is 0.391. The van der Waals surface area contributed by atoms with Crippen molar-refractivity contribution in [1.29, 1.82) is 0 Å². The number of halogens is 1. The summed E-state index contributed by atoms with van der Waals surface area (Å²) < 4.78 is 13.0. The van der Waals surface area contributed by atoms with Gasteiger partial charge in [0, 0.05) is 24.4 Å². The highest BCUT2D eigenvalue weighted by Gasteiger charge is 2.29. The van der Waals surface area contributed by atoms with Gasteiger partial charge in [0.05, 0.1) is 17.1 Å². The maximum Gasteiger partial charge on any atom is 0.264 e. The van der Waals surface area contributed by atoms with Crippen LogP contribution in [-0.2, 0) is 11.3 Å². The molecule has 1 saturated carbocycles. The molecule has 3 aromatic rings. The molecule has 0 aliphatic heterocycles. The van der Waals surface area contributed by atoms with Gasteiger partial charge in [-0.1, -0.05) is 12.1 Å². The zero-order valence-corrected chi connectivity index (χ0v) is 18.7. The van der Waals surface area contributed by atoms with Crippen LogP contribution in [0.4, 0.5) is 4.39 Å². The molecular weight excluding hydrogens is 415 g/mol. The Morgan fingerprint density at radius 2 is 1.90 bits per heavy atom. The van der Waals surface area contributed by atoms with Gasteiger partial charge in [-0.3, -0.25) is 9.59 Å². The van der Waals surface area contributed by atoms with Crippen LogP contribution in [0.5, 0.6) is 0 Å². The molecule has 0 saturated heterocycles. The average molecular weight is 441 g/mol. The molecule has 31 heavy (non-hydrogen) atoms. The molecule has 1 aliphatic carbocycles. The first-order chi connectivity index (χ1) is 14.9. The van der Waals surface area contributed by atoms with Crippen LogP contribution in [0.3, 0.4) is 0 Å². The van der Waals surface area contributed by atoms with Crippen molar-refractivity contribution in [3.8, 4) is 0 Å². The standard InChI is InChI=1S/C23H25FN4O2S/c1-4-28(12-18(29)25-11-15-5-9-17(24)10-6-15)23(30)20-13(2)19-14(3)26-21(16-7-8-16)27-22(19)31-20/h5-6,9-10,16H,4,7-8,11-12H2,1-3H3,(H,25,29). The largest absolute Gasteiger partial charge is 0.350 e. The molecule has 2 aromatic heterocycles. The molecule has 0 bridgehead atoms. The number of hydrogen-bond acceptors (Lipinski definition) is 5. The lowest BCUT2D eigenvalue weighted by Gasteiger charge is -2.20. The Morgan fingerprint density at radius 1 is 1.19 bits per heavy atom. The number of benzene rings is 1. The first-order valence-electron chi connectivity index (χ1n) is 10.5. The Morgan fingerprint density at radius 3 is 2.55 bits per heavy atom. The summed E-state index contributed by atoms with van der Waals surface area (Å²) in [7, 11) is 0. The zero-order chi connectivity index (χ0) is 22.1. The molecular formula is C23H25FN4O2S. The van der Waals surface area contributed by atoms with E-state index in [9.17, 15) is 14.0 Å². The summed E-state index contributed by atoms with van der Waals surface area (Å²) in [6.45, 7) is 6.39. The van der Waals surface area contributed by atoms with Gasteiger partial charge in [-0.15, -0.1) is 11.3 Å². The van der Waals surface area contributed by atoms with Gasteiger partial charge in [-0.2, -0.15) is 0 Å². The topological polar surface area (TPSA) is 75.2 Å². The third-order valence-electron chi connectivity index (χ3n) is 5.53. The smallest absolute Gasteiger partial charge is 0.264 e. The molecule has 1 N–H and O–H groups in total. The van der Waals surface area contributed by atoms with Gasteiger partial charge >= 0.3 is 0 Å². The van der Waals surface area contributed by atoms with Crippen LogP contribution in [0.15, 0.2) is 24.3 Å². The predicted octanol–water partition coefficient (Wildman–Crippen LogP) is 4.10. The molecule has 0 radical (unpaired) electrons. The first-order valence-corrected chi connectivity index (χ1v) is 11.3. The van der Waals surface area contributed by atoms with Crippen LogP contribution < -0.4 is 5.32 Å². The summed E-state index contributed by atoms with van der Waals surface area (Å²) in [5, 5.41) is 3.73. The number of nitrogens with one attached hydrogen (secondary N) is 1. The number of nitrogens with zero attached hydrogens (tertiary/aromatic N) is 3. The first kappa shape index (κ1) is 21.4. The third-order valence-corrected chi connectivity index (χ3v) is 6.71. The molecule has 0 spiro atoms. The second-order valence-corrected chi connectivity index (χ2v) is 8.90. The van der Waals surface area contributed by atoms with Gasteiger partial charge in [-0.25, -0.2) is 14.4 Å². The van der Waals surface area contributed by atoms with Gasteiger partial charge in [0.25, 0.3) is 5.91 Å². The van der Waals surface area contributed by atoms with E-state index in [2.05, 4.69) is 10.3 Å². The summed E-state index contributed by atoms with van der Waals surface area (Å²) in [5.74, 6) is 0.567. The van der Waals surface area contributed by atoms with E-state index in [1.807, 2.05) is 20.8 Å².